The van der Waals surface area contributed by atoms with Crippen LogP contribution in [0.5, 0.6) is 0 Å². The van der Waals surface area contributed by atoms with E-state index in [1.54, 1.807) is 12.1 Å². The van der Waals surface area contributed by atoms with E-state index in [0.717, 1.165) is 22.4 Å². The molecule has 0 fully saturated rings. The van der Waals surface area contributed by atoms with Crippen LogP contribution in [0.15, 0.2) is 36.4 Å². The van der Waals surface area contributed by atoms with E-state index in [0.29, 0.717) is 23.0 Å². The van der Waals surface area contributed by atoms with Crippen LogP contribution in [-0.2, 0) is 16.0 Å². The number of carbonyl (C=O) groups excluding carboxylic acids is 2. The maximum atomic E-state index is 12.3. The summed E-state index contributed by atoms with van der Waals surface area (Å²) < 4.78 is 0. The maximum absolute atomic E-state index is 12.3. The summed E-state index contributed by atoms with van der Waals surface area (Å²) in [6.07, 6.45) is 0.589. The molecule has 2 rings (SSSR count). The Hall–Kier alpha value is -2.04. The number of nitrogens with zero attached hydrogens (tertiary/aromatic N) is 1. The largest absolute Gasteiger partial charge is 0.354 e. The Kier molecular flexibility index (Phi) is 7.06. The van der Waals surface area contributed by atoms with Crippen LogP contribution in [0.4, 0.5) is 5.69 Å². The predicted octanol–water partition coefficient (Wildman–Crippen LogP) is 4.32. The number of hydrogen-bond acceptors (Lipinski definition) is 2. The van der Waals surface area contributed by atoms with E-state index in [1.807, 2.05) is 38.1 Å². The summed E-state index contributed by atoms with van der Waals surface area (Å²) in [6, 6.07) is 11.1. The summed E-state index contributed by atoms with van der Waals surface area (Å²) in [4.78, 5) is 25.8. The molecule has 1 N–H and O–H groups in total. The minimum absolute atomic E-state index is 0.0203. The van der Waals surface area contributed by atoms with E-state index in [4.69, 9.17) is 23.2 Å². The average molecular weight is 393 g/mol. The molecule has 138 valence electrons. The molecule has 0 heterocycles. The molecule has 0 aliphatic rings. The molecule has 0 aromatic heterocycles. The monoisotopic (exact) mass is 392 g/mol. The van der Waals surface area contributed by atoms with E-state index in [1.165, 1.54) is 11.8 Å². The molecule has 0 saturated heterocycles. The van der Waals surface area contributed by atoms with E-state index < -0.39 is 0 Å². The number of carbonyl (C=O) groups is 2. The summed E-state index contributed by atoms with van der Waals surface area (Å²) in [5.74, 6) is -0.391. The second-order valence-electron chi connectivity index (χ2n) is 6.23. The number of nitrogens with one attached hydrogen (secondary N) is 1. The number of benzene rings is 2. The van der Waals surface area contributed by atoms with Gasteiger partial charge in [0.05, 0.1) is 0 Å². The molecule has 0 atom stereocenters. The Labute approximate surface area is 164 Å². The average Bonchev–Trinajstić information content (AvgIpc) is 2.55. The second-order valence-corrected chi connectivity index (χ2v) is 7.07. The van der Waals surface area contributed by atoms with Crippen molar-refractivity contribution in [2.75, 3.05) is 18.0 Å². The lowest BCUT2D eigenvalue weighted by molar-refractivity contribution is -0.123. The number of hydrogen-bond donors (Lipinski definition) is 1. The van der Waals surface area contributed by atoms with Crippen molar-refractivity contribution in [1.29, 1.82) is 0 Å². The smallest absolute Gasteiger partial charge is 0.240 e. The topological polar surface area (TPSA) is 49.4 Å². The number of amides is 2. The highest BCUT2D eigenvalue weighted by molar-refractivity contribution is 6.35. The number of aryl methyl sites for hydroxylation is 2. The van der Waals surface area contributed by atoms with Gasteiger partial charge >= 0.3 is 0 Å². The van der Waals surface area contributed by atoms with Crippen molar-refractivity contribution in [2.45, 2.75) is 27.2 Å². The van der Waals surface area contributed by atoms with Crippen molar-refractivity contribution >= 4 is 40.7 Å². The van der Waals surface area contributed by atoms with Gasteiger partial charge in [0.25, 0.3) is 0 Å². The van der Waals surface area contributed by atoms with Gasteiger partial charge in [-0.3, -0.25) is 9.59 Å². The summed E-state index contributed by atoms with van der Waals surface area (Å²) in [7, 11) is 0. The number of rotatable bonds is 6. The van der Waals surface area contributed by atoms with Crippen molar-refractivity contribution < 1.29 is 9.59 Å². The first-order valence-corrected chi connectivity index (χ1v) is 9.09. The minimum Gasteiger partial charge on any atom is -0.354 e. The van der Waals surface area contributed by atoms with Crippen molar-refractivity contribution in [1.82, 2.24) is 5.32 Å². The van der Waals surface area contributed by atoms with Crippen molar-refractivity contribution in [2.24, 2.45) is 0 Å². The molecule has 0 saturated carbocycles. The Morgan fingerprint density at radius 1 is 1.08 bits per heavy atom. The molecule has 2 aromatic rings. The Morgan fingerprint density at radius 2 is 1.81 bits per heavy atom. The summed E-state index contributed by atoms with van der Waals surface area (Å²) in [5.41, 5.74) is 3.73. The third kappa shape index (κ3) is 5.48. The summed E-state index contributed by atoms with van der Waals surface area (Å²) in [5, 5.41) is 3.99. The zero-order valence-corrected chi connectivity index (χ0v) is 16.6. The minimum atomic E-state index is -0.217. The highest BCUT2D eigenvalue weighted by atomic mass is 35.5. The normalized spacial score (nSPS) is 10.5. The fourth-order valence-electron chi connectivity index (χ4n) is 2.73. The van der Waals surface area contributed by atoms with Gasteiger partial charge in [-0.2, -0.15) is 0 Å². The number of halogens is 2. The highest BCUT2D eigenvalue weighted by Crippen LogP contribution is 2.22. The fraction of sp³-hybridized carbons (Fsp3) is 0.300. The van der Waals surface area contributed by atoms with Crippen LogP contribution in [0.1, 0.15) is 23.6 Å². The first kappa shape index (κ1) is 20.3. The van der Waals surface area contributed by atoms with Gasteiger partial charge in [-0.25, -0.2) is 0 Å². The molecule has 0 unspecified atom stereocenters. The molecule has 4 nitrogen and oxygen atoms in total. The van der Waals surface area contributed by atoms with E-state index in [2.05, 4.69) is 5.32 Å². The Morgan fingerprint density at radius 3 is 2.42 bits per heavy atom. The quantitative estimate of drug-likeness (QED) is 0.795. The SMILES string of the molecule is CC(=O)N(CC(=O)NCCc1ccc(Cl)cc1Cl)c1ccc(C)cc1C. The molecule has 6 heteroatoms. The Balaban J connectivity index is 1.96. The summed E-state index contributed by atoms with van der Waals surface area (Å²) >= 11 is 12.0. The lowest BCUT2D eigenvalue weighted by Crippen LogP contribution is -2.40. The van der Waals surface area contributed by atoms with E-state index in [9.17, 15) is 9.59 Å². The molecule has 0 spiro atoms. The zero-order valence-electron chi connectivity index (χ0n) is 15.1. The molecule has 0 aliphatic heterocycles. The van der Waals surface area contributed by atoms with Gasteiger partial charge in [0.15, 0.2) is 0 Å². The van der Waals surface area contributed by atoms with E-state index in [-0.39, 0.29) is 18.4 Å². The molecular formula is C20H22Cl2N2O2. The van der Waals surface area contributed by atoms with Crippen molar-refractivity contribution in [3.8, 4) is 0 Å². The second kappa shape index (κ2) is 9.06. The lowest BCUT2D eigenvalue weighted by Gasteiger charge is -2.23. The third-order valence-corrected chi connectivity index (χ3v) is 4.64. The molecule has 0 radical (unpaired) electrons. The Bertz CT molecular complexity index is 821. The van der Waals surface area contributed by atoms with Crippen LogP contribution in [0, 0.1) is 13.8 Å². The number of anilines is 1. The molecular weight excluding hydrogens is 371 g/mol. The molecule has 2 aromatic carbocycles. The van der Waals surface area contributed by atoms with Crippen LogP contribution in [0.3, 0.4) is 0 Å². The zero-order chi connectivity index (χ0) is 19.3. The summed E-state index contributed by atoms with van der Waals surface area (Å²) in [6.45, 7) is 5.79. The van der Waals surface area contributed by atoms with Gasteiger partial charge in [-0.05, 0) is 49.6 Å². The predicted molar refractivity (Wildman–Crippen MR) is 107 cm³/mol. The van der Waals surface area contributed by atoms with Crippen LogP contribution < -0.4 is 10.2 Å². The van der Waals surface area contributed by atoms with Gasteiger partial charge < -0.3 is 10.2 Å². The highest BCUT2D eigenvalue weighted by Gasteiger charge is 2.17. The van der Waals surface area contributed by atoms with Crippen molar-refractivity contribution in [3.05, 3.63) is 63.1 Å². The molecule has 0 aliphatic carbocycles. The standard InChI is InChI=1S/C20H22Cl2N2O2/c1-13-4-7-19(14(2)10-13)24(15(3)25)12-20(26)23-9-8-16-5-6-17(21)11-18(16)22/h4-7,10-11H,8-9,12H2,1-3H3,(H,23,26). The van der Waals surface area contributed by atoms with Gasteiger partial charge in [0.2, 0.25) is 11.8 Å². The molecule has 0 bridgehead atoms. The third-order valence-electron chi connectivity index (χ3n) is 4.06. The van der Waals surface area contributed by atoms with Gasteiger partial charge in [-0.1, -0.05) is 47.0 Å². The first-order chi connectivity index (χ1) is 12.3. The van der Waals surface area contributed by atoms with E-state index >= 15 is 0 Å². The van der Waals surface area contributed by atoms with Crippen LogP contribution in [-0.4, -0.2) is 24.9 Å². The van der Waals surface area contributed by atoms with Gasteiger partial charge in [-0.15, -0.1) is 0 Å². The first-order valence-electron chi connectivity index (χ1n) is 8.34. The lowest BCUT2D eigenvalue weighted by atomic mass is 10.1. The molecule has 26 heavy (non-hydrogen) atoms. The van der Waals surface area contributed by atoms with Crippen LogP contribution >= 0.6 is 23.2 Å². The van der Waals surface area contributed by atoms with Crippen LogP contribution in [0.2, 0.25) is 10.0 Å². The fourth-order valence-corrected chi connectivity index (χ4v) is 3.24. The van der Waals surface area contributed by atoms with Gasteiger partial charge in [0, 0.05) is 29.2 Å². The maximum Gasteiger partial charge on any atom is 0.240 e. The van der Waals surface area contributed by atoms with Crippen molar-refractivity contribution in [3.63, 3.8) is 0 Å². The van der Waals surface area contributed by atoms with Gasteiger partial charge in [0.1, 0.15) is 6.54 Å². The van der Waals surface area contributed by atoms with Crippen LogP contribution in [0.25, 0.3) is 0 Å². The molecule has 2 amide bonds.